The van der Waals surface area contributed by atoms with E-state index in [9.17, 15) is 0 Å². The number of benzene rings is 1. The zero-order valence-electron chi connectivity index (χ0n) is 9.15. The molecule has 2 N–H and O–H groups in total. The van der Waals surface area contributed by atoms with E-state index >= 15 is 0 Å². The largest absolute Gasteiger partial charge is 0.396 e. The first kappa shape index (κ1) is 11.0. The topological polar surface area (TPSA) is 43.8 Å². The molecule has 0 spiro atoms. The van der Waals surface area contributed by atoms with Gasteiger partial charge in [0, 0.05) is 5.02 Å². The highest BCUT2D eigenvalue weighted by molar-refractivity contribution is 6.30. The fourth-order valence-electron chi connectivity index (χ4n) is 1.70. The summed E-state index contributed by atoms with van der Waals surface area (Å²) in [4.78, 5) is 0. The van der Waals surface area contributed by atoms with Gasteiger partial charge in [0.25, 0.3) is 0 Å². The van der Waals surface area contributed by atoms with Gasteiger partial charge in [0.05, 0.1) is 23.3 Å². The lowest BCUT2D eigenvalue weighted by atomic mass is 10.2. The summed E-state index contributed by atoms with van der Waals surface area (Å²) >= 11 is 5.96. The Morgan fingerprint density at radius 2 is 2.25 bits per heavy atom. The van der Waals surface area contributed by atoms with Gasteiger partial charge in [-0.2, -0.15) is 5.10 Å². The van der Waals surface area contributed by atoms with Crippen LogP contribution >= 0.6 is 11.6 Å². The van der Waals surface area contributed by atoms with Crippen LogP contribution < -0.4 is 5.73 Å². The van der Waals surface area contributed by atoms with Crippen LogP contribution in [-0.2, 0) is 6.42 Å². The number of rotatable bonds is 3. The quantitative estimate of drug-likeness (QED) is 0.889. The average Bonchev–Trinajstić information content (AvgIpc) is 2.61. The zero-order chi connectivity index (χ0) is 11.5. The predicted octanol–water partition coefficient (Wildman–Crippen LogP) is 3.06. The Balaban J connectivity index is 2.47. The molecule has 0 amide bonds. The Kier molecular flexibility index (Phi) is 3.15. The van der Waals surface area contributed by atoms with Crippen LogP contribution in [0.25, 0.3) is 5.69 Å². The van der Waals surface area contributed by atoms with Gasteiger partial charge in [-0.15, -0.1) is 0 Å². The smallest absolute Gasteiger partial charge is 0.0737 e. The van der Waals surface area contributed by atoms with Crippen molar-refractivity contribution in [2.45, 2.75) is 19.8 Å². The predicted molar refractivity (Wildman–Crippen MR) is 67.0 cm³/mol. The van der Waals surface area contributed by atoms with Gasteiger partial charge >= 0.3 is 0 Å². The maximum absolute atomic E-state index is 5.96. The summed E-state index contributed by atoms with van der Waals surface area (Å²) in [7, 11) is 0. The van der Waals surface area contributed by atoms with Crippen LogP contribution in [0, 0.1) is 0 Å². The second kappa shape index (κ2) is 4.58. The molecule has 0 aliphatic rings. The van der Waals surface area contributed by atoms with E-state index in [1.807, 2.05) is 28.9 Å². The van der Waals surface area contributed by atoms with Gasteiger partial charge in [0.2, 0.25) is 0 Å². The van der Waals surface area contributed by atoms with Crippen LogP contribution in [0.1, 0.15) is 19.0 Å². The molecular formula is C12H14ClN3. The van der Waals surface area contributed by atoms with E-state index in [-0.39, 0.29) is 0 Å². The molecule has 0 fully saturated rings. The molecule has 16 heavy (non-hydrogen) atoms. The Morgan fingerprint density at radius 3 is 2.94 bits per heavy atom. The molecule has 1 aromatic heterocycles. The molecule has 84 valence electrons. The Labute approximate surface area is 99.8 Å². The van der Waals surface area contributed by atoms with E-state index in [4.69, 9.17) is 17.3 Å². The second-order valence-corrected chi connectivity index (χ2v) is 4.12. The molecule has 0 radical (unpaired) electrons. The van der Waals surface area contributed by atoms with Crippen molar-refractivity contribution in [2.24, 2.45) is 0 Å². The van der Waals surface area contributed by atoms with Gasteiger partial charge in [-0.3, -0.25) is 0 Å². The number of anilines is 1. The fraction of sp³-hybridized carbons (Fsp3) is 0.250. The fourth-order valence-corrected chi connectivity index (χ4v) is 1.89. The van der Waals surface area contributed by atoms with Gasteiger partial charge in [0.15, 0.2) is 0 Å². The standard InChI is InChI=1S/C12H14ClN3/c1-2-4-12-11(14)8-15-16(12)10-6-3-5-9(13)7-10/h3,5-8H,2,4,14H2,1H3. The third-order valence-corrected chi connectivity index (χ3v) is 2.68. The highest BCUT2D eigenvalue weighted by Crippen LogP contribution is 2.20. The first-order chi connectivity index (χ1) is 7.72. The molecule has 4 heteroatoms. The lowest BCUT2D eigenvalue weighted by Crippen LogP contribution is -2.03. The third kappa shape index (κ3) is 2.04. The van der Waals surface area contributed by atoms with Crippen LogP contribution in [0.3, 0.4) is 0 Å². The first-order valence-corrected chi connectivity index (χ1v) is 5.68. The van der Waals surface area contributed by atoms with Crippen molar-refractivity contribution < 1.29 is 0 Å². The average molecular weight is 236 g/mol. The van der Waals surface area contributed by atoms with Gasteiger partial charge in [-0.1, -0.05) is 31.0 Å². The molecule has 0 bridgehead atoms. The van der Waals surface area contributed by atoms with Gasteiger partial charge in [-0.05, 0) is 24.6 Å². The maximum atomic E-state index is 5.96. The van der Waals surface area contributed by atoms with Crippen LogP contribution in [0.4, 0.5) is 5.69 Å². The molecule has 0 aliphatic carbocycles. The number of nitrogen functional groups attached to an aromatic ring is 1. The number of nitrogens with two attached hydrogens (primary N) is 1. The van der Waals surface area contributed by atoms with Gasteiger partial charge in [0.1, 0.15) is 0 Å². The summed E-state index contributed by atoms with van der Waals surface area (Å²) in [5, 5.41) is 4.98. The van der Waals surface area contributed by atoms with Crippen LogP contribution in [-0.4, -0.2) is 9.78 Å². The monoisotopic (exact) mass is 235 g/mol. The number of hydrogen-bond donors (Lipinski definition) is 1. The van der Waals surface area contributed by atoms with Gasteiger partial charge < -0.3 is 5.73 Å². The minimum absolute atomic E-state index is 0.703. The van der Waals surface area contributed by atoms with Crippen molar-refractivity contribution in [3.8, 4) is 5.69 Å². The molecule has 0 saturated carbocycles. The van der Waals surface area contributed by atoms with E-state index in [1.165, 1.54) is 0 Å². The highest BCUT2D eigenvalue weighted by Gasteiger charge is 2.08. The normalized spacial score (nSPS) is 10.6. The number of halogens is 1. The molecule has 2 aromatic rings. The van der Waals surface area contributed by atoms with Crippen molar-refractivity contribution in [3.63, 3.8) is 0 Å². The lowest BCUT2D eigenvalue weighted by molar-refractivity contribution is 0.776. The Bertz CT molecular complexity index is 491. The van der Waals surface area contributed by atoms with E-state index in [0.717, 1.165) is 29.9 Å². The minimum atomic E-state index is 0.703. The molecule has 0 atom stereocenters. The minimum Gasteiger partial charge on any atom is -0.396 e. The number of aromatic nitrogens is 2. The molecule has 0 unspecified atom stereocenters. The van der Waals surface area contributed by atoms with E-state index in [1.54, 1.807) is 6.20 Å². The molecule has 1 aromatic carbocycles. The molecule has 0 aliphatic heterocycles. The van der Waals surface area contributed by atoms with E-state index in [0.29, 0.717) is 5.02 Å². The summed E-state index contributed by atoms with van der Waals surface area (Å²) < 4.78 is 1.85. The molecule has 2 rings (SSSR count). The Morgan fingerprint density at radius 1 is 1.44 bits per heavy atom. The van der Waals surface area contributed by atoms with Crippen molar-refractivity contribution in [2.75, 3.05) is 5.73 Å². The zero-order valence-corrected chi connectivity index (χ0v) is 9.91. The summed E-state index contributed by atoms with van der Waals surface area (Å²) in [5.41, 5.74) is 8.62. The van der Waals surface area contributed by atoms with Crippen molar-refractivity contribution in [1.29, 1.82) is 0 Å². The molecule has 1 heterocycles. The summed E-state index contributed by atoms with van der Waals surface area (Å²) in [6.45, 7) is 2.12. The van der Waals surface area contributed by atoms with Crippen molar-refractivity contribution in [1.82, 2.24) is 9.78 Å². The first-order valence-electron chi connectivity index (χ1n) is 5.30. The second-order valence-electron chi connectivity index (χ2n) is 3.69. The molecular weight excluding hydrogens is 222 g/mol. The van der Waals surface area contributed by atoms with Gasteiger partial charge in [-0.25, -0.2) is 4.68 Å². The lowest BCUT2D eigenvalue weighted by Gasteiger charge is -2.07. The summed E-state index contributed by atoms with van der Waals surface area (Å²) in [5.74, 6) is 0. The molecule has 0 saturated heterocycles. The molecule has 3 nitrogen and oxygen atoms in total. The van der Waals surface area contributed by atoms with Crippen LogP contribution in [0.5, 0.6) is 0 Å². The van der Waals surface area contributed by atoms with Crippen molar-refractivity contribution in [3.05, 3.63) is 41.2 Å². The SMILES string of the molecule is CCCc1c(N)cnn1-c1cccc(Cl)c1. The maximum Gasteiger partial charge on any atom is 0.0737 e. The van der Waals surface area contributed by atoms with Crippen molar-refractivity contribution >= 4 is 17.3 Å². The van der Waals surface area contributed by atoms with E-state index in [2.05, 4.69) is 12.0 Å². The van der Waals surface area contributed by atoms with Crippen LogP contribution in [0.15, 0.2) is 30.5 Å². The third-order valence-electron chi connectivity index (χ3n) is 2.44. The van der Waals surface area contributed by atoms with Crippen LogP contribution in [0.2, 0.25) is 5.02 Å². The number of hydrogen-bond acceptors (Lipinski definition) is 2. The highest BCUT2D eigenvalue weighted by atomic mass is 35.5. The summed E-state index contributed by atoms with van der Waals surface area (Å²) in [6.07, 6.45) is 3.64. The van der Waals surface area contributed by atoms with E-state index < -0.39 is 0 Å². The summed E-state index contributed by atoms with van der Waals surface area (Å²) in [6, 6.07) is 7.60. The Hall–Kier alpha value is -1.48. The number of nitrogens with zero attached hydrogens (tertiary/aromatic N) is 2.